The van der Waals surface area contributed by atoms with Crippen molar-refractivity contribution < 1.29 is 22.3 Å². The molecule has 0 unspecified atom stereocenters. The molecule has 9 heteroatoms. The van der Waals surface area contributed by atoms with Crippen molar-refractivity contribution in [3.8, 4) is 0 Å². The Morgan fingerprint density at radius 1 is 1.25 bits per heavy atom. The molecule has 0 fully saturated rings. The van der Waals surface area contributed by atoms with Crippen LogP contribution in [0.15, 0.2) is 47.5 Å². The Bertz CT molecular complexity index is 810. The molecule has 0 saturated carbocycles. The maximum atomic E-state index is 12.9. The van der Waals surface area contributed by atoms with E-state index in [2.05, 4.69) is 4.98 Å². The van der Waals surface area contributed by atoms with Crippen molar-refractivity contribution in [3.05, 3.63) is 59.1 Å². The van der Waals surface area contributed by atoms with Gasteiger partial charge in [0.2, 0.25) is 10.0 Å². The van der Waals surface area contributed by atoms with E-state index in [-0.39, 0.29) is 11.5 Å². The number of nitrogens with zero attached hydrogens (tertiary/aromatic N) is 2. The second kappa shape index (κ2) is 7.69. The molecule has 128 valence electrons. The third-order valence-corrected chi connectivity index (χ3v) is 5.10. The van der Waals surface area contributed by atoms with Crippen molar-refractivity contribution >= 4 is 27.6 Å². The summed E-state index contributed by atoms with van der Waals surface area (Å²) >= 11 is 5.65. The minimum absolute atomic E-state index is 0.0482. The summed E-state index contributed by atoms with van der Waals surface area (Å²) in [6.45, 7) is -0.520. The van der Waals surface area contributed by atoms with E-state index in [1.54, 1.807) is 12.1 Å². The third-order valence-electron chi connectivity index (χ3n) is 3.06. The molecule has 1 aromatic carbocycles. The van der Waals surface area contributed by atoms with E-state index >= 15 is 0 Å². The van der Waals surface area contributed by atoms with Crippen molar-refractivity contribution in [2.45, 2.75) is 11.5 Å². The Morgan fingerprint density at radius 3 is 2.50 bits per heavy atom. The second-order valence-electron chi connectivity index (χ2n) is 4.86. The highest BCUT2D eigenvalue weighted by molar-refractivity contribution is 7.89. The van der Waals surface area contributed by atoms with E-state index in [0.29, 0.717) is 10.7 Å². The molecule has 0 aliphatic heterocycles. The number of pyridine rings is 1. The van der Waals surface area contributed by atoms with Gasteiger partial charge in [0.25, 0.3) is 0 Å². The molecule has 0 radical (unpaired) electrons. The van der Waals surface area contributed by atoms with Crippen molar-refractivity contribution in [1.29, 1.82) is 0 Å². The molecule has 0 amide bonds. The second-order valence-corrected chi connectivity index (χ2v) is 7.30. The fourth-order valence-corrected chi connectivity index (χ4v) is 2.98. The maximum Gasteiger partial charge on any atom is 0.321 e. The molecule has 0 spiro atoms. The largest absolute Gasteiger partial charge is 0.460 e. The molecular weight excluding hydrogens is 359 g/mol. The number of sulfonamides is 1. The van der Waals surface area contributed by atoms with Crippen LogP contribution in [0.1, 0.15) is 5.56 Å². The van der Waals surface area contributed by atoms with Gasteiger partial charge in [-0.2, -0.15) is 4.31 Å². The summed E-state index contributed by atoms with van der Waals surface area (Å²) in [5.74, 6) is -1.27. The fraction of sp³-hybridized carbons (Fsp3) is 0.200. The molecule has 0 bridgehead atoms. The Kier molecular flexibility index (Phi) is 5.87. The predicted octanol–water partition coefficient (Wildman–Crippen LogP) is 2.24. The number of aromatic nitrogens is 1. The van der Waals surface area contributed by atoms with Crippen molar-refractivity contribution in [2.75, 3.05) is 13.6 Å². The van der Waals surface area contributed by atoms with E-state index in [4.69, 9.17) is 16.3 Å². The maximum absolute atomic E-state index is 12.9. The van der Waals surface area contributed by atoms with Gasteiger partial charge in [-0.1, -0.05) is 17.7 Å². The van der Waals surface area contributed by atoms with E-state index in [1.807, 2.05) is 0 Å². The lowest BCUT2D eigenvalue weighted by molar-refractivity contribution is -0.144. The SMILES string of the molecule is CN(CC(=O)OCc1ccc(Cl)nc1)S(=O)(=O)c1ccc(F)cc1. The Labute approximate surface area is 143 Å². The Balaban J connectivity index is 1.95. The first-order valence-corrected chi connectivity index (χ1v) is 8.59. The topological polar surface area (TPSA) is 76.6 Å². The number of rotatable bonds is 6. The number of carbonyl (C=O) groups is 1. The average molecular weight is 373 g/mol. The lowest BCUT2D eigenvalue weighted by Gasteiger charge is -2.16. The first kappa shape index (κ1) is 18.3. The number of carbonyl (C=O) groups excluding carboxylic acids is 1. The summed E-state index contributed by atoms with van der Waals surface area (Å²) in [5.41, 5.74) is 0.622. The molecule has 0 aliphatic carbocycles. The van der Waals surface area contributed by atoms with Gasteiger partial charge in [-0.3, -0.25) is 4.79 Å². The molecule has 24 heavy (non-hydrogen) atoms. The number of hydrogen-bond donors (Lipinski definition) is 0. The monoisotopic (exact) mass is 372 g/mol. The minimum Gasteiger partial charge on any atom is -0.460 e. The summed E-state index contributed by atoms with van der Waals surface area (Å²) < 4.78 is 43.2. The molecule has 1 aromatic heterocycles. The molecule has 1 heterocycles. The molecule has 2 rings (SSSR count). The Morgan fingerprint density at radius 2 is 1.92 bits per heavy atom. The summed E-state index contributed by atoms with van der Waals surface area (Å²) in [4.78, 5) is 15.5. The van der Waals surface area contributed by atoms with Crippen molar-refractivity contribution in [1.82, 2.24) is 9.29 Å². The van der Waals surface area contributed by atoms with E-state index in [0.717, 1.165) is 28.6 Å². The van der Waals surface area contributed by atoms with Gasteiger partial charge >= 0.3 is 5.97 Å². The van der Waals surface area contributed by atoms with Crippen LogP contribution in [-0.4, -0.2) is 37.3 Å². The van der Waals surface area contributed by atoms with Crippen LogP contribution in [0.4, 0.5) is 4.39 Å². The van der Waals surface area contributed by atoms with Gasteiger partial charge in [-0.25, -0.2) is 17.8 Å². The van der Waals surface area contributed by atoms with Gasteiger partial charge in [-0.15, -0.1) is 0 Å². The zero-order valence-electron chi connectivity index (χ0n) is 12.6. The fourth-order valence-electron chi connectivity index (χ4n) is 1.75. The van der Waals surface area contributed by atoms with Crippen LogP contribution in [0.25, 0.3) is 0 Å². The van der Waals surface area contributed by atoms with Gasteiger partial charge in [-0.05, 0) is 30.3 Å². The highest BCUT2D eigenvalue weighted by Gasteiger charge is 2.23. The molecule has 0 atom stereocenters. The summed E-state index contributed by atoms with van der Waals surface area (Å²) in [6, 6.07) is 7.52. The van der Waals surface area contributed by atoms with Gasteiger partial charge in [0.05, 0.1) is 4.90 Å². The van der Waals surface area contributed by atoms with Crippen LogP contribution in [0, 0.1) is 5.82 Å². The minimum atomic E-state index is -3.90. The van der Waals surface area contributed by atoms with Crippen LogP contribution in [0.5, 0.6) is 0 Å². The van der Waals surface area contributed by atoms with Gasteiger partial charge in [0, 0.05) is 18.8 Å². The van der Waals surface area contributed by atoms with Crippen LogP contribution in [0.3, 0.4) is 0 Å². The molecule has 0 saturated heterocycles. The zero-order valence-corrected chi connectivity index (χ0v) is 14.2. The van der Waals surface area contributed by atoms with Gasteiger partial charge < -0.3 is 4.74 Å². The molecule has 6 nitrogen and oxygen atoms in total. The number of hydrogen-bond acceptors (Lipinski definition) is 5. The summed E-state index contributed by atoms with van der Waals surface area (Å²) in [7, 11) is -2.66. The van der Waals surface area contributed by atoms with Crippen molar-refractivity contribution in [2.24, 2.45) is 0 Å². The normalized spacial score (nSPS) is 11.5. The van der Waals surface area contributed by atoms with Gasteiger partial charge in [0.1, 0.15) is 24.1 Å². The molecular formula is C15H14ClFN2O4S. The summed E-state index contributed by atoms with van der Waals surface area (Å²) in [6.07, 6.45) is 1.45. The quantitative estimate of drug-likeness (QED) is 0.574. The first-order valence-electron chi connectivity index (χ1n) is 6.77. The standard InChI is InChI=1S/C15H14ClFN2O4S/c1-19(24(21,22)13-5-3-12(17)4-6-13)9-15(20)23-10-11-2-7-14(16)18-8-11/h2-8H,9-10H2,1H3. The first-order chi connectivity index (χ1) is 11.3. The van der Waals surface area contributed by atoms with Crippen LogP contribution in [-0.2, 0) is 26.2 Å². The molecule has 0 N–H and O–H groups in total. The lowest BCUT2D eigenvalue weighted by atomic mass is 10.3. The highest BCUT2D eigenvalue weighted by atomic mass is 35.5. The number of esters is 1. The highest BCUT2D eigenvalue weighted by Crippen LogP contribution is 2.15. The van der Waals surface area contributed by atoms with Gasteiger partial charge in [0.15, 0.2) is 0 Å². The average Bonchev–Trinajstić information content (AvgIpc) is 2.54. The van der Waals surface area contributed by atoms with Crippen molar-refractivity contribution in [3.63, 3.8) is 0 Å². The predicted molar refractivity (Wildman–Crippen MR) is 85.3 cm³/mol. The zero-order chi connectivity index (χ0) is 17.7. The van der Waals surface area contributed by atoms with Crippen LogP contribution < -0.4 is 0 Å². The van der Waals surface area contributed by atoms with E-state index < -0.39 is 28.4 Å². The summed E-state index contributed by atoms with van der Waals surface area (Å²) in [5, 5.41) is 0.315. The number of benzene rings is 1. The van der Waals surface area contributed by atoms with Crippen LogP contribution >= 0.6 is 11.6 Å². The van der Waals surface area contributed by atoms with E-state index in [1.165, 1.54) is 13.2 Å². The molecule has 2 aromatic rings. The third kappa shape index (κ3) is 4.73. The smallest absolute Gasteiger partial charge is 0.321 e. The van der Waals surface area contributed by atoms with E-state index in [9.17, 15) is 17.6 Å². The number of halogens is 2. The number of likely N-dealkylation sites (N-methyl/N-ethyl adjacent to an activating group) is 1. The number of ether oxygens (including phenoxy) is 1. The molecule has 0 aliphatic rings. The lowest BCUT2D eigenvalue weighted by Crippen LogP contribution is -2.33. The Hall–Kier alpha value is -2.03. The van der Waals surface area contributed by atoms with Crippen LogP contribution in [0.2, 0.25) is 5.15 Å².